The molecule has 0 spiro atoms. The minimum Gasteiger partial charge on any atom is -0.398 e. The molecule has 2 aromatic rings. The van der Waals surface area contributed by atoms with Crippen molar-refractivity contribution in [1.82, 2.24) is 4.90 Å². The van der Waals surface area contributed by atoms with Gasteiger partial charge in [0.1, 0.15) is 5.82 Å². The maximum atomic E-state index is 13.2. The summed E-state index contributed by atoms with van der Waals surface area (Å²) >= 11 is 0. The van der Waals surface area contributed by atoms with E-state index in [4.69, 9.17) is 5.73 Å². The third kappa shape index (κ3) is 4.05. The predicted molar refractivity (Wildman–Crippen MR) is 82.5 cm³/mol. The molecular weight excluding hydrogens is 267 g/mol. The third-order valence-electron chi connectivity index (χ3n) is 3.39. The molecule has 0 fully saturated rings. The Bertz CT molecular complexity index is 613. The molecule has 4 heteroatoms. The van der Waals surface area contributed by atoms with Crippen molar-refractivity contribution in [2.24, 2.45) is 0 Å². The highest BCUT2D eigenvalue weighted by Crippen LogP contribution is 2.15. The van der Waals surface area contributed by atoms with E-state index < -0.39 is 5.82 Å². The fraction of sp³-hybridized carbons (Fsp3) is 0.235. The first-order valence-corrected chi connectivity index (χ1v) is 6.92. The smallest absolute Gasteiger partial charge is 0.255 e. The number of hydrogen-bond donors (Lipinski definition) is 1. The maximum absolute atomic E-state index is 13.2. The summed E-state index contributed by atoms with van der Waals surface area (Å²) in [7, 11) is 1.71. The number of amides is 1. The Labute approximate surface area is 124 Å². The van der Waals surface area contributed by atoms with Crippen LogP contribution in [0, 0.1) is 5.82 Å². The average molecular weight is 286 g/mol. The number of nitrogens with two attached hydrogens (primary N) is 1. The van der Waals surface area contributed by atoms with Crippen molar-refractivity contribution in [3.05, 3.63) is 65.5 Å². The van der Waals surface area contributed by atoms with E-state index in [-0.39, 0.29) is 11.5 Å². The van der Waals surface area contributed by atoms with Crippen LogP contribution >= 0.6 is 0 Å². The number of nitrogen functional groups attached to an aromatic ring is 1. The van der Waals surface area contributed by atoms with Gasteiger partial charge in [-0.15, -0.1) is 0 Å². The standard InChI is InChI=1S/C17H19FN2O/c1-20(11-5-8-13-6-3-2-4-7-13)17(21)15-12-14(18)9-10-16(15)19/h2-4,6-7,9-10,12H,5,8,11,19H2,1H3. The number of aryl methyl sites for hydroxylation is 1. The first-order chi connectivity index (χ1) is 10.1. The number of nitrogens with zero attached hydrogens (tertiary/aromatic N) is 1. The van der Waals surface area contributed by atoms with Crippen molar-refractivity contribution in [1.29, 1.82) is 0 Å². The Balaban J connectivity index is 1.92. The molecule has 2 aromatic carbocycles. The minimum absolute atomic E-state index is 0.220. The first kappa shape index (κ1) is 15.0. The predicted octanol–water partition coefficient (Wildman–Crippen LogP) is 3.11. The molecule has 21 heavy (non-hydrogen) atoms. The monoisotopic (exact) mass is 286 g/mol. The van der Waals surface area contributed by atoms with Gasteiger partial charge in [-0.3, -0.25) is 4.79 Å². The van der Waals surface area contributed by atoms with Crippen LogP contribution in [0.4, 0.5) is 10.1 Å². The molecule has 1 amide bonds. The Kier molecular flexibility index (Phi) is 4.93. The summed E-state index contributed by atoms with van der Waals surface area (Å²) < 4.78 is 13.2. The molecule has 2 rings (SSSR count). The second kappa shape index (κ2) is 6.88. The van der Waals surface area contributed by atoms with Crippen molar-refractivity contribution < 1.29 is 9.18 Å². The fourth-order valence-electron chi connectivity index (χ4n) is 2.19. The summed E-state index contributed by atoms with van der Waals surface area (Å²) in [6.45, 7) is 0.601. The molecule has 0 saturated heterocycles. The summed E-state index contributed by atoms with van der Waals surface area (Å²) in [5.74, 6) is -0.703. The Morgan fingerprint density at radius 1 is 1.19 bits per heavy atom. The maximum Gasteiger partial charge on any atom is 0.255 e. The van der Waals surface area contributed by atoms with E-state index in [1.54, 1.807) is 11.9 Å². The normalized spacial score (nSPS) is 10.4. The average Bonchev–Trinajstić information content (AvgIpc) is 2.50. The lowest BCUT2D eigenvalue weighted by atomic mass is 10.1. The highest BCUT2D eigenvalue weighted by molar-refractivity contribution is 5.98. The van der Waals surface area contributed by atoms with Crippen LogP contribution in [0.1, 0.15) is 22.3 Å². The molecular formula is C17H19FN2O. The van der Waals surface area contributed by atoms with E-state index in [0.717, 1.165) is 12.8 Å². The molecule has 3 nitrogen and oxygen atoms in total. The zero-order valence-electron chi connectivity index (χ0n) is 12.1. The summed E-state index contributed by atoms with van der Waals surface area (Å²) in [5.41, 5.74) is 7.49. The Morgan fingerprint density at radius 3 is 2.62 bits per heavy atom. The van der Waals surface area contributed by atoms with Crippen LogP contribution in [0.3, 0.4) is 0 Å². The number of halogens is 1. The third-order valence-corrected chi connectivity index (χ3v) is 3.39. The molecule has 2 N–H and O–H groups in total. The molecule has 0 aromatic heterocycles. The summed E-state index contributed by atoms with van der Waals surface area (Å²) in [5, 5.41) is 0. The number of carbonyl (C=O) groups excluding carboxylic acids is 1. The van der Waals surface area contributed by atoms with Gasteiger partial charge in [-0.25, -0.2) is 4.39 Å². The minimum atomic E-state index is -0.453. The summed E-state index contributed by atoms with van der Waals surface area (Å²) in [6.07, 6.45) is 1.75. The summed E-state index contributed by atoms with van der Waals surface area (Å²) in [4.78, 5) is 13.8. The first-order valence-electron chi connectivity index (χ1n) is 6.92. The molecule has 0 radical (unpaired) electrons. The van der Waals surface area contributed by atoms with Gasteiger partial charge in [0, 0.05) is 19.3 Å². The van der Waals surface area contributed by atoms with Gasteiger partial charge in [0.2, 0.25) is 0 Å². The van der Waals surface area contributed by atoms with Crippen molar-refractivity contribution >= 4 is 11.6 Å². The SMILES string of the molecule is CN(CCCc1ccccc1)C(=O)c1cc(F)ccc1N. The van der Waals surface area contributed by atoms with Crippen LogP contribution in [0.15, 0.2) is 48.5 Å². The van der Waals surface area contributed by atoms with Crippen LogP contribution in [0.5, 0.6) is 0 Å². The number of anilines is 1. The number of benzene rings is 2. The van der Waals surface area contributed by atoms with Crippen LogP contribution < -0.4 is 5.73 Å². The second-order valence-electron chi connectivity index (χ2n) is 5.05. The lowest BCUT2D eigenvalue weighted by Gasteiger charge is -2.18. The van der Waals surface area contributed by atoms with Gasteiger partial charge in [-0.05, 0) is 36.6 Å². The van der Waals surface area contributed by atoms with Crippen LogP contribution in [-0.4, -0.2) is 24.4 Å². The molecule has 0 aliphatic rings. The zero-order valence-corrected chi connectivity index (χ0v) is 12.1. The van der Waals surface area contributed by atoms with E-state index in [2.05, 4.69) is 12.1 Å². The molecule has 0 heterocycles. The number of hydrogen-bond acceptors (Lipinski definition) is 2. The van der Waals surface area contributed by atoms with Crippen LogP contribution in [-0.2, 0) is 6.42 Å². The highest BCUT2D eigenvalue weighted by atomic mass is 19.1. The fourth-order valence-corrected chi connectivity index (χ4v) is 2.19. The van der Waals surface area contributed by atoms with E-state index in [1.165, 1.54) is 23.8 Å². The molecule has 0 atom stereocenters. The second-order valence-corrected chi connectivity index (χ2v) is 5.05. The molecule has 0 saturated carbocycles. The quantitative estimate of drug-likeness (QED) is 0.858. The number of rotatable bonds is 5. The Hall–Kier alpha value is -2.36. The van der Waals surface area contributed by atoms with Gasteiger partial charge < -0.3 is 10.6 Å². The highest BCUT2D eigenvalue weighted by Gasteiger charge is 2.15. The van der Waals surface area contributed by atoms with Crippen LogP contribution in [0.2, 0.25) is 0 Å². The number of carbonyl (C=O) groups is 1. The van der Waals surface area contributed by atoms with E-state index in [0.29, 0.717) is 12.2 Å². The van der Waals surface area contributed by atoms with Gasteiger partial charge in [-0.2, -0.15) is 0 Å². The molecule has 0 aliphatic heterocycles. The van der Waals surface area contributed by atoms with E-state index in [1.807, 2.05) is 18.2 Å². The molecule has 0 bridgehead atoms. The largest absolute Gasteiger partial charge is 0.398 e. The summed E-state index contributed by atoms with van der Waals surface area (Å²) in [6, 6.07) is 14.0. The van der Waals surface area contributed by atoms with Gasteiger partial charge in [0.05, 0.1) is 5.56 Å². The van der Waals surface area contributed by atoms with Crippen molar-refractivity contribution in [3.8, 4) is 0 Å². The zero-order chi connectivity index (χ0) is 15.2. The lowest BCUT2D eigenvalue weighted by molar-refractivity contribution is 0.0794. The molecule has 0 aliphatic carbocycles. The lowest BCUT2D eigenvalue weighted by Crippen LogP contribution is -2.28. The van der Waals surface area contributed by atoms with Crippen molar-refractivity contribution in [2.45, 2.75) is 12.8 Å². The van der Waals surface area contributed by atoms with Gasteiger partial charge in [0.25, 0.3) is 5.91 Å². The van der Waals surface area contributed by atoms with Crippen molar-refractivity contribution in [2.75, 3.05) is 19.3 Å². The Morgan fingerprint density at radius 2 is 1.90 bits per heavy atom. The van der Waals surface area contributed by atoms with E-state index in [9.17, 15) is 9.18 Å². The van der Waals surface area contributed by atoms with Crippen LogP contribution in [0.25, 0.3) is 0 Å². The molecule has 0 unspecified atom stereocenters. The van der Waals surface area contributed by atoms with Gasteiger partial charge in [-0.1, -0.05) is 30.3 Å². The van der Waals surface area contributed by atoms with Gasteiger partial charge in [0.15, 0.2) is 0 Å². The van der Waals surface area contributed by atoms with Gasteiger partial charge >= 0.3 is 0 Å². The van der Waals surface area contributed by atoms with Crippen molar-refractivity contribution in [3.63, 3.8) is 0 Å². The topological polar surface area (TPSA) is 46.3 Å². The van der Waals surface area contributed by atoms with E-state index >= 15 is 0 Å². The molecule has 110 valence electrons.